The van der Waals surface area contributed by atoms with Crippen LogP contribution in [0, 0.1) is 6.92 Å². The zero-order valence-corrected chi connectivity index (χ0v) is 10.0. The zero-order chi connectivity index (χ0) is 11.5. The first kappa shape index (κ1) is 11.3. The molecule has 1 aromatic heterocycles. The molecule has 16 heavy (non-hydrogen) atoms. The van der Waals surface area contributed by atoms with Crippen molar-refractivity contribution in [3.8, 4) is 0 Å². The summed E-state index contributed by atoms with van der Waals surface area (Å²) in [5.74, 6) is 0. The van der Waals surface area contributed by atoms with Crippen LogP contribution in [-0.4, -0.2) is 35.8 Å². The van der Waals surface area contributed by atoms with Gasteiger partial charge in [-0.1, -0.05) is 12.2 Å². The second kappa shape index (κ2) is 4.76. The Morgan fingerprint density at radius 2 is 2.50 bits per heavy atom. The molecule has 1 fully saturated rings. The monoisotopic (exact) mass is 237 g/mol. The molecule has 2 heterocycles. The van der Waals surface area contributed by atoms with Gasteiger partial charge in [0.2, 0.25) is 0 Å². The highest BCUT2D eigenvalue weighted by atomic mass is 32.1. The fourth-order valence-corrected chi connectivity index (χ4v) is 1.93. The topological polar surface area (TPSA) is 51.4 Å². The van der Waals surface area contributed by atoms with Crippen LogP contribution in [0.5, 0.6) is 0 Å². The van der Waals surface area contributed by atoms with E-state index in [0.29, 0.717) is 11.6 Å². The SMILES string of the molecule is Cc1cc(N2CCOC(C(N)=S)C2)ccn1. The summed E-state index contributed by atoms with van der Waals surface area (Å²) in [5, 5.41) is 0. The first-order valence-electron chi connectivity index (χ1n) is 5.25. The van der Waals surface area contributed by atoms with Crippen LogP contribution in [0.3, 0.4) is 0 Å². The highest BCUT2D eigenvalue weighted by Gasteiger charge is 2.22. The van der Waals surface area contributed by atoms with E-state index in [1.807, 2.05) is 19.2 Å². The van der Waals surface area contributed by atoms with Crippen LogP contribution in [0.1, 0.15) is 5.69 Å². The average Bonchev–Trinajstić information content (AvgIpc) is 2.29. The molecule has 2 rings (SSSR count). The van der Waals surface area contributed by atoms with Gasteiger partial charge in [-0.2, -0.15) is 0 Å². The Hall–Kier alpha value is -1.20. The molecule has 5 heteroatoms. The van der Waals surface area contributed by atoms with Crippen LogP contribution >= 0.6 is 12.2 Å². The van der Waals surface area contributed by atoms with Crippen LogP contribution in [-0.2, 0) is 4.74 Å². The number of aryl methyl sites for hydroxylation is 1. The van der Waals surface area contributed by atoms with Crippen molar-refractivity contribution in [2.24, 2.45) is 5.73 Å². The van der Waals surface area contributed by atoms with Crippen molar-refractivity contribution in [3.63, 3.8) is 0 Å². The predicted octanol–water partition coefficient (Wildman–Crippen LogP) is 0.881. The van der Waals surface area contributed by atoms with E-state index in [9.17, 15) is 0 Å². The quantitative estimate of drug-likeness (QED) is 0.774. The van der Waals surface area contributed by atoms with Crippen molar-refractivity contribution >= 4 is 22.9 Å². The van der Waals surface area contributed by atoms with E-state index < -0.39 is 0 Å². The Kier molecular flexibility index (Phi) is 3.36. The van der Waals surface area contributed by atoms with E-state index in [2.05, 4.69) is 16.0 Å². The Balaban J connectivity index is 2.12. The van der Waals surface area contributed by atoms with Gasteiger partial charge in [0.25, 0.3) is 0 Å². The number of nitrogens with two attached hydrogens (primary N) is 1. The molecule has 0 amide bonds. The van der Waals surface area contributed by atoms with Gasteiger partial charge in [-0.05, 0) is 19.1 Å². The molecule has 4 nitrogen and oxygen atoms in total. The summed E-state index contributed by atoms with van der Waals surface area (Å²) in [5.41, 5.74) is 7.76. The lowest BCUT2D eigenvalue weighted by Gasteiger charge is -2.34. The summed E-state index contributed by atoms with van der Waals surface area (Å²) in [6, 6.07) is 4.05. The molecule has 1 aliphatic rings. The van der Waals surface area contributed by atoms with Crippen molar-refractivity contribution in [2.45, 2.75) is 13.0 Å². The Labute approximate surface area is 100 Å². The number of pyridine rings is 1. The molecule has 0 radical (unpaired) electrons. The number of thiocarbonyl (C=S) groups is 1. The summed E-state index contributed by atoms with van der Waals surface area (Å²) < 4.78 is 5.50. The molecule has 0 saturated carbocycles. The first-order valence-corrected chi connectivity index (χ1v) is 5.66. The Bertz CT molecular complexity index is 397. The third-order valence-corrected chi connectivity index (χ3v) is 2.89. The van der Waals surface area contributed by atoms with Gasteiger partial charge in [0.1, 0.15) is 11.1 Å². The van der Waals surface area contributed by atoms with Crippen LogP contribution in [0.25, 0.3) is 0 Å². The van der Waals surface area contributed by atoms with Crippen LogP contribution in [0.15, 0.2) is 18.3 Å². The molecule has 0 bridgehead atoms. The van der Waals surface area contributed by atoms with Crippen molar-refractivity contribution < 1.29 is 4.74 Å². The van der Waals surface area contributed by atoms with Gasteiger partial charge < -0.3 is 15.4 Å². The molecular weight excluding hydrogens is 222 g/mol. The van der Waals surface area contributed by atoms with Crippen molar-refractivity contribution in [1.82, 2.24) is 4.98 Å². The minimum Gasteiger partial charge on any atom is -0.391 e. The smallest absolute Gasteiger partial charge is 0.125 e. The molecule has 1 aliphatic heterocycles. The fraction of sp³-hybridized carbons (Fsp3) is 0.455. The molecule has 1 atom stereocenters. The van der Waals surface area contributed by atoms with Crippen LogP contribution in [0.4, 0.5) is 5.69 Å². The van der Waals surface area contributed by atoms with E-state index in [1.54, 1.807) is 0 Å². The summed E-state index contributed by atoms with van der Waals surface area (Å²) in [7, 11) is 0. The molecular formula is C11H15N3OS. The molecule has 2 N–H and O–H groups in total. The minimum atomic E-state index is -0.141. The summed E-state index contributed by atoms with van der Waals surface area (Å²) in [6.07, 6.45) is 1.67. The third kappa shape index (κ3) is 2.48. The average molecular weight is 237 g/mol. The lowest BCUT2D eigenvalue weighted by Crippen LogP contribution is -2.47. The van der Waals surface area contributed by atoms with Crippen LogP contribution < -0.4 is 10.6 Å². The Morgan fingerprint density at radius 3 is 3.19 bits per heavy atom. The number of hydrogen-bond donors (Lipinski definition) is 1. The molecule has 1 unspecified atom stereocenters. The largest absolute Gasteiger partial charge is 0.391 e. The molecule has 1 saturated heterocycles. The van der Waals surface area contributed by atoms with E-state index in [1.165, 1.54) is 0 Å². The normalized spacial score (nSPS) is 20.8. The molecule has 0 aromatic carbocycles. The van der Waals surface area contributed by atoms with Crippen molar-refractivity contribution in [3.05, 3.63) is 24.0 Å². The maximum absolute atomic E-state index is 5.60. The van der Waals surface area contributed by atoms with Gasteiger partial charge in [0, 0.05) is 24.1 Å². The van der Waals surface area contributed by atoms with Gasteiger partial charge >= 0.3 is 0 Å². The highest BCUT2D eigenvalue weighted by molar-refractivity contribution is 7.80. The number of rotatable bonds is 2. The van der Waals surface area contributed by atoms with Crippen molar-refractivity contribution in [1.29, 1.82) is 0 Å². The molecule has 1 aromatic rings. The molecule has 0 aliphatic carbocycles. The number of aromatic nitrogens is 1. The van der Waals surface area contributed by atoms with Gasteiger partial charge in [-0.15, -0.1) is 0 Å². The maximum Gasteiger partial charge on any atom is 0.125 e. The summed E-state index contributed by atoms with van der Waals surface area (Å²) in [4.78, 5) is 6.83. The standard InChI is InChI=1S/C11H15N3OS/c1-8-6-9(2-3-13-8)14-4-5-15-10(7-14)11(12)16/h2-3,6,10H,4-5,7H2,1H3,(H2,12,16). The number of nitrogens with zero attached hydrogens (tertiary/aromatic N) is 2. The zero-order valence-electron chi connectivity index (χ0n) is 9.22. The highest BCUT2D eigenvalue weighted by Crippen LogP contribution is 2.17. The minimum absolute atomic E-state index is 0.141. The van der Waals surface area contributed by atoms with Gasteiger partial charge in [0.05, 0.1) is 13.2 Å². The number of anilines is 1. The fourth-order valence-electron chi connectivity index (χ4n) is 1.78. The van der Waals surface area contributed by atoms with E-state index in [4.69, 9.17) is 22.7 Å². The Morgan fingerprint density at radius 1 is 1.69 bits per heavy atom. The second-order valence-electron chi connectivity index (χ2n) is 3.86. The summed E-state index contributed by atoms with van der Waals surface area (Å²) in [6.45, 7) is 4.22. The van der Waals surface area contributed by atoms with E-state index in [0.717, 1.165) is 24.5 Å². The van der Waals surface area contributed by atoms with Crippen molar-refractivity contribution in [2.75, 3.05) is 24.6 Å². The maximum atomic E-state index is 5.60. The first-order chi connectivity index (χ1) is 7.66. The lowest BCUT2D eigenvalue weighted by molar-refractivity contribution is 0.0847. The third-order valence-electron chi connectivity index (χ3n) is 2.63. The number of morpholine rings is 1. The number of hydrogen-bond acceptors (Lipinski definition) is 4. The van der Waals surface area contributed by atoms with E-state index in [-0.39, 0.29) is 6.10 Å². The molecule has 0 spiro atoms. The second-order valence-corrected chi connectivity index (χ2v) is 4.33. The lowest BCUT2D eigenvalue weighted by atomic mass is 10.2. The van der Waals surface area contributed by atoms with Gasteiger partial charge in [-0.3, -0.25) is 4.98 Å². The summed E-state index contributed by atoms with van der Waals surface area (Å²) >= 11 is 4.96. The molecule has 86 valence electrons. The predicted molar refractivity (Wildman–Crippen MR) is 67.7 cm³/mol. The van der Waals surface area contributed by atoms with Gasteiger partial charge in [-0.25, -0.2) is 0 Å². The number of ether oxygens (including phenoxy) is 1. The van der Waals surface area contributed by atoms with Gasteiger partial charge in [0.15, 0.2) is 0 Å². The van der Waals surface area contributed by atoms with Crippen LogP contribution in [0.2, 0.25) is 0 Å². The van der Waals surface area contributed by atoms with E-state index >= 15 is 0 Å².